The number of hydrogen-bond donors (Lipinski definition) is 2. The molecule has 1 unspecified atom stereocenters. The van der Waals surface area contributed by atoms with Gasteiger partial charge in [-0.3, -0.25) is 4.79 Å². The average molecular weight is 419 g/mol. The van der Waals surface area contributed by atoms with E-state index in [1.807, 2.05) is 0 Å². The van der Waals surface area contributed by atoms with E-state index in [4.69, 9.17) is 31.5 Å². The third-order valence-corrected chi connectivity index (χ3v) is 4.21. The monoisotopic (exact) mass is 418 g/mol. The zero-order valence-corrected chi connectivity index (χ0v) is 16.8. The van der Waals surface area contributed by atoms with Gasteiger partial charge < -0.3 is 25.3 Å². The number of amides is 1. The highest BCUT2D eigenvalue weighted by Crippen LogP contribution is 2.33. The van der Waals surface area contributed by atoms with E-state index >= 15 is 0 Å². The van der Waals surface area contributed by atoms with Crippen molar-refractivity contribution in [3.05, 3.63) is 46.2 Å². The van der Waals surface area contributed by atoms with Gasteiger partial charge in [0.2, 0.25) is 0 Å². The number of benzene rings is 2. The van der Waals surface area contributed by atoms with Gasteiger partial charge in [0.25, 0.3) is 5.91 Å². The van der Waals surface area contributed by atoms with Crippen LogP contribution in [0.15, 0.2) is 24.3 Å². The van der Waals surface area contributed by atoms with E-state index in [-0.39, 0.29) is 40.1 Å². The molecule has 0 saturated carbocycles. The Kier molecular flexibility index (Phi) is 7.99. The lowest BCUT2D eigenvalue weighted by Crippen LogP contribution is -2.27. The van der Waals surface area contributed by atoms with Crippen molar-refractivity contribution in [2.45, 2.75) is 13.0 Å². The molecule has 1 amide bonds. The molecule has 27 heavy (non-hydrogen) atoms. The van der Waals surface area contributed by atoms with E-state index in [1.165, 1.54) is 45.6 Å². The third kappa shape index (κ3) is 4.87. The summed E-state index contributed by atoms with van der Waals surface area (Å²) < 4.78 is 29.8. The molecule has 2 aromatic carbocycles. The van der Waals surface area contributed by atoms with Crippen LogP contribution < -0.4 is 25.3 Å². The molecule has 0 radical (unpaired) electrons. The van der Waals surface area contributed by atoms with Gasteiger partial charge in [-0.25, -0.2) is 4.39 Å². The first kappa shape index (κ1) is 22.7. The molecule has 9 heteroatoms. The normalized spacial score (nSPS) is 11.2. The lowest BCUT2D eigenvalue weighted by atomic mass is 10.1. The van der Waals surface area contributed by atoms with Crippen LogP contribution in [-0.2, 0) is 0 Å². The summed E-state index contributed by atoms with van der Waals surface area (Å²) in [6.07, 6.45) is 0. The number of carbonyl (C=O) groups excluding carboxylic acids is 1. The van der Waals surface area contributed by atoms with E-state index in [9.17, 15) is 9.18 Å². The Labute approximate surface area is 168 Å². The number of ether oxygens (including phenoxy) is 3. The van der Waals surface area contributed by atoms with Crippen LogP contribution in [0.1, 0.15) is 28.9 Å². The van der Waals surface area contributed by atoms with Gasteiger partial charge in [-0.2, -0.15) is 0 Å². The number of carbonyl (C=O) groups is 1. The number of rotatable bonds is 6. The Morgan fingerprint density at radius 1 is 1.07 bits per heavy atom. The molecule has 6 nitrogen and oxygen atoms in total. The molecule has 0 aliphatic carbocycles. The second-order valence-electron chi connectivity index (χ2n) is 5.50. The number of hydrogen-bond acceptors (Lipinski definition) is 5. The van der Waals surface area contributed by atoms with Crippen LogP contribution in [0.2, 0.25) is 5.02 Å². The lowest BCUT2D eigenvalue weighted by Gasteiger charge is -2.18. The maximum atomic E-state index is 14.4. The molecule has 0 bridgehead atoms. The Morgan fingerprint density at radius 2 is 1.63 bits per heavy atom. The molecule has 0 aliphatic rings. The molecule has 0 spiro atoms. The van der Waals surface area contributed by atoms with Crippen LogP contribution in [0, 0.1) is 5.82 Å². The van der Waals surface area contributed by atoms with E-state index in [0.29, 0.717) is 11.4 Å². The van der Waals surface area contributed by atoms with Crippen LogP contribution in [0.5, 0.6) is 17.2 Å². The Hall–Kier alpha value is -2.38. The first-order valence-corrected chi connectivity index (χ1v) is 8.05. The van der Waals surface area contributed by atoms with Gasteiger partial charge in [0, 0.05) is 17.7 Å². The standard InChI is InChI=1S/C18H20ClFN2O4.ClH/c1-9(10-6-16(25-3)17(26-4)7-13(10)20)22-18(23)11-5-12(19)14(21)8-15(11)24-2;/h5-9H,21H2,1-4H3,(H,22,23);1H. The van der Waals surface area contributed by atoms with Crippen molar-refractivity contribution in [2.75, 3.05) is 27.1 Å². The maximum Gasteiger partial charge on any atom is 0.255 e. The highest BCUT2D eigenvalue weighted by molar-refractivity contribution is 6.33. The van der Waals surface area contributed by atoms with E-state index in [0.717, 1.165) is 0 Å². The quantitative estimate of drug-likeness (QED) is 0.692. The predicted octanol–water partition coefficient (Wildman–Crippen LogP) is 4.00. The molecule has 0 saturated heterocycles. The molecule has 0 aliphatic heterocycles. The van der Waals surface area contributed by atoms with Gasteiger partial charge in [-0.05, 0) is 19.1 Å². The fourth-order valence-corrected chi connectivity index (χ4v) is 2.63. The van der Waals surface area contributed by atoms with E-state index < -0.39 is 17.8 Å². The summed E-state index contributed by atoms with van der Waals surface area (Å²) in [5, 5.41) is 2.93. The molecule has 1 atom stereocenters. The van der Waals surface area contributed by atoms with Gasteiger partial charge in [0.05, 0.1) is 43.6 Å². The van der Waals surface area contributed by atoms with Crippen LogP contribution >= 0.6 is 24.0 Å². The van der Waals surface area contributed by atoms with Crippen molar-refractivity contribution >= 4 is 35.6 Å². The fourth-order valence-electron chi connectivity index (χ4n) is 2.47. The average Bonchev–Trinajstić information content (AvgIpc) is 2.62. The van der Waals surface area contributed by atoms with Crippen LogP contribution in [0.25, 0.3) is 0 Å². The number of anilines is 1. The van der Waals surface area contributed by atoms with Crippen molar-refractivity contribution in [1.29, 1.82) is 0 Å². The van der Waals surface area contributed by atoms with E-state index in [2.05, 4.69) is 5.32 Å². The molecule has 0 fully saturated rings. The minimum atomic E-state index is -0.650. The van der Waals surface area contributed by atoms with Crippen molar-refractivity contribution in [3.8, 4) is 17.2 Å². The van der Waals surface area contributed by atoms with Crippen molar-refractivity contribution in [3.63, 3.8) is 0 Å². The molecule has 0 aromatic heterocycles. The molecule has 2 rings (SSSR count). The number of nitrogens with one attached hydrogen (secondary N) is 1. The van der Waals surface area contributed by atoms with Gasteiger partial charge in [0.1, 0.15) is 11.6 Å². The first-order valence-electron chi connectivity index (χ1n) is 7.67. The van der Waals surface area contributed by atoms with E-state index in [1.54, 1.807) is 6.92 Å². The Morgan fingerprint density at radius 3 is 2.19 bits per heavy atom. The van der Waals surface area contributed by atoms with Crippen LogP contribution in [0.3, 0.4) is 0 Å². The van der Waals surface area contributed by atoms with Crippen molar-refractivity contribution in [1.82, 2.24) is 5.32 Å². The highest BCUT2D eigenvalue weighted by atomic mass is 35.5. The highest BCUT2D eigenvalue weighted by Gasteiger charge is 2.21. The van der Waals surface area contributed by atoms with Gasteiger partial charge in [-0.15, -0.1) is 12.4 Å². The minimum absolute atomic E-state index is 0. The smallest absolute Gasteiger partial charge is 0.255 e. The molecular weight excluding hydrogens is 398 g/mol. The van der Waals surface area contributed by atoms with Gasteiger partial charge in [-0.1, -0.05) is 11.6 Å². The molecular formula is C18H21Cl2FN2O4. The second-order valence-corrected chi connectivity index (χ2v) is 5.91. The zero-order chi connectivity index (χ0) is 19.4. The third-order valence-electron chi connectivity index (χ3n) is 3.88. The van der Waals surface area contributed by atoms with Crippen LogP contribution in [0.4, 0.5) is 10.1 Å². The van der Waals surface area contributed by atoms with Crippen LogP contribution in [-0.4, -0.2) is 27.2 Å². The lowest BCUT2D eigenvalue weighted by molar-refractivity contribution is 0.0936. The fraction of sp³-hybridized carbons (Fsp3) is 0.278. The predicted molar refractivity (Wildman–Crippen MR) is 105 cm³/mol. The van der Waals surface area contributed by atoms with Crippen molar-refractivity contribution in [2.24, 2.45) is 0 Å². The summed E-state index contributed by atoms with van der Waals surface area (Å²) in [6.45, 7) is 1.65. The number of nitrogen functional groups attached to an aromatic ring is 1. The van der Waals surface area contributed by atoms with Gasteiger partial charge in [0.15, 0.2) is 11.5 Å². The first-order chi connectivity index (χ1) is 12.3. The summed E-state index contributed by atoms with van der Waals surface area (Å²) in [7, 11) is 4.28. The van der Waals surface area contributed by atoms with Crippen molar-refractivity contribution < 1.29 is 23.4 Å². The number of halogens is 3. The SMILES string of the molecule is COc1cc(F)c(C(C)NC(=O)c2cc(Cl)c(N)cc2OC)cc1OC.Cl. The molecule has 148 valence electrons. The Bertz CT molecular complexity index is 833. The summed E-state index contributed by atoms with van der Waals surface area (Å²) in [5.74, 6) is -0.120. The number of methoxy groups -OCH3 is 3. The summed E-state index contributed by atoms with van der Waals surface area (Å²) in [6, 6.07) is 4.90. The molecule has 2 aromatic rings. The summed E-state index contributed by atoms with van der Waals surface area (Å²) in [4.78, 5) is 12.6. The van der Waals surface area contributed by atoms with Gasteiger partial charge >= 0.3 is 0 Å². The number of nitrogens with two attached hydrogens (primary N) is 1. The summed E-state index contributed by atoms with van der Waals surface area (Å²) >= 11 is 5.99. The zero-order valence-electron chi connectivity index (χ0n) is 15.3. The molecule has 3 N–H and O–H groups in total. The maximum absolute atomic E-state index is 14.4. The summed E-state index contributed by atoms with van der Waals surface area (Å²) in [5.41, 5.74) is 6.45. The topological polar surface area (TPSA) is 82.8 Å². The largest absolute Gasteiger partial charge is 0.496 e. The second kappa shape index (κ2) is 9.53. The minimum Gasteiger partial charge on any atom is -0.496 e. The molecule has 0 heterocycles. The Balaban J connectivity index is 0.00000364.